The van der Waals surface area contributed by atoms with Gasteiger partial charge in [-0.25, -0.2) is 0 Å². The molecule has 0 fully saturated rings. The Balaban J connectivity index is 1.61. The molecule has 0 unspecified atom stereocenters. The van der Waals surface area contributed by atoms with Gasteiger partial charge in [-0.05, 0) is 37.1 Å². The van der Waals surface area contributed by atoms with Gasteiger partial charge >= 0.3 is 0 Å². The molecule has 0 atom stereocenters. The summed E-state index contributed by atoms with van der Waals surface area (Å²) in [7, 11) is 0. The molecule has 0 aliphatic carbocycles. The molecule has 0 amide bonds. The maximum Gasteiger partial charge on any atom is 0.142 e. The third kappa shape index (κ3) is 2.87. The van der Waals surface area contributed by atoms with E-state index in [1.165, 1.54) is 16.5 Å². The Kier molecular flexibility index (Phi) is 3.82. The summed E-state index contributed by atoms with van der Waals surface area (Å²) in [5.41, 5.74) is 9.16. The van der Waals surface area contributed by atoms with E-state index in [0.29, 0.717) is 12.3 Å². The molecule has 3 rings (SSSR count). The van der Waals surface area contributed by atoms with Crippen molar-refractivity contribution in [1.29, 1.82) is 0 Å². The summed E-state index contributed by atoms with van der Waals surface area (Å²) in [6, 6.07) is 16.1. The van der Waals surface area contributed by atoms with Gasteiger partial charge in [-0.3, -0.25) is 0 Å². The number of para-hydroxylation sites is 3. The quantitative estimate of drug-likeness (QED) is 0.567. The molecular weight excluding hydrogens is 260 g/mol. The molecule has 0 saturated heterocycles. The lowest BCUT2D eigenvalue weighted by Gasteiger charge is -2.09. The van der Waals surface area contributed by atoms with E-state index in [1.807, 2.05) is 24.3 Å². The second-order valence-electron chi connectivity index (χ2n) is 5.26. The van der Waals surface area contributed by atoms with Crippen LogP contribution in [0, 0.1) is 6.92 Å². The van der Waals surface area contributed by atoms with Crippen LogP contribution in [-0.4, -0.2) is 11.2 Å². The second kappa shape index (κ2) is 5.92. The number of nitrogens with zero attached hydrogens (tertiary/aromatic N) is 1. The third-order valence-electron chi connectivity index (χ3n) is 3.71. The highest BCUT2D eigenvalue weighted by Crippen LogP contribution is 2.22. The first-order valence-corrected chi connectivity index (χ1v) is 7.27. The molecule has 21 heavy (non-hydrogen) atoms. The maximum absolute atomic E-state index is 5.86. The number of aryl methyl sites for hydroxylation is 2. The summed E-state index contributed by atoms with van der Waals surface area (Å²) in [6.07, 6.45) is 3.16. The lowest BCUT2D eigenvalue weighted by atomic mass is 10.2. The SMILES string of the molecule is Cc1cn(CCCOc2ccccc2N)c2ccccc12. The Bertz CT molecular complexity index is 746. The molecular formula is C18H20N2O. The van der Waals surface area contributed by atoms with E-state index >= 15 is 0 Å². The van der Waals surface area contributed by atoms with Crippen molar-refractivity contribution in [3.63, 3.8) is 0 Å². The molecule has 1 heterocycles. The third-order valence-corrected chi connectivity index (χ3v) is 3.71. The molecule has 3 nitrogen and oxygen atoms in total. The summed E-state index contributed by atoms with van der Waals surface area (Å²) in [4.78, 5) is 0. The van der Waals surface area contributed by atoms with E-state index in [1.54, 1.807) is 0 Å². The van der Waals surface area contributed by atoms with Crippen LogP contribution in [0.15, 0.2) is 54.7 Å². The summed E-state index contributed by atoms with van der Waals surface area (Å²) < 4.78 is 8.03. The number of anilines is 1. The number of ether oxygens (including phenoxy) is 1. The second-order valence-corrected chi connectivity index (χ2v) is 5.26. The molecule has 0 saturated carbocycles. The van der Waals surface area contributed by atoms with Gasteiger partial charge in [0, 0.05) is 23.6 Å². The monoisotopic (exact) mass is 280 g/mol. The van der Waals surface area contributed by atoms with Crippen molar-refractivity contribution in [1.82, 2.24) is 4.57 Å². The Morgan fingerprint density at radius 2 is 1.81 bits per heavy atom. The first-order valence-electron chi connectivity index (χ1n) is 7.27. The summed E-state index contributed by atoms with van der Waals surface area (Å²) in [5, 5.41) is 1.32. The number of nitrogen functional groups attached to an aromatic ring is 1. The van der Waals surface area contributed by atoms with E-state index in [9.17, 15) is 0 Å². The van der Waals surface area contributed by atoms with E-state index in [4.69, 9.17) is 10.5 Å². The molecule has 0 radical (unpaired) electrons. The Labute approximate surface area is 125 Å². The van der Waals surface area contributed by atoms with Gasteiger partial charge in [0.15, 0.2) is 0 Å². The molecule has 2 N–H and O–H groups in total. The van der Waals surface area contributed by atoms with E-state index in [-0.39, 0.29) is 0 Å². The van der Waals surface area contributed by atoms with Crippen LogP contribution in [0.2, 0.25) is 0 Å². The first-order chi connectivity index (χ1) is 10.3. The average molecular weight is 280 g/mol. The minimum Gasteiger partial charge on any atom is -0.491 e. The van der Waals surface area contributed by atoms with Crippen molar-refractivity contribution in [2.45, 2.75) is 19.9 Å². The fourth-order valence-electron chi connectivity index (χ4n) is 2.64. The van der Waals surface area contributed by atoms with Crippen molar-refractivity contribution in [3.05, 3.63) is 60.3 Å². The van der Waals surface area contributed by atoms with Gasteiger partial charge < -0.3 is 15.0 Å². The van der Waals surface area contributed by atoms with Gasteiger partial charge in [-0.1, -0.05) is 30.3 Å². The van der Waals surface area contributed by atoms with E-state index in [2.05, 4.69) is 42.0 Å². The van der Waals surface area contributed by atoms with Crippen LogP contribution in [-0.2, 0) is 6.54 Å². The van der Waals surface area contributed by atoms with Gasteiger partial charge in [-0.2, -0.15) is 0 Å². The first kappa shape index (κ1) is 13.6. The zero-order chi connectivity index (χ0) is 14.7. The number of aromatic nitrogens is 1. The number of nitrogens with two attached hydrogens (primary N) is 1. The minimum atomic E-state index is 0.666. The molecule has 108 valence electrons. The van der Waals surface area contributed by atoms with Crippen LogP contribution < -0.4 is 10.5 Å². The standard InChI is InChI=1S/C18H20N2O/c1-14-13-20(17-9-4-2-7-15(14)17)11-6-12-21-18-10-5-3-8-16(18)19/h2-5,7-10,13H,6,11-12,19H2,1H3. The molecule has 0 bridgehead atoms. The highest BCUT2D eigenvalue weighted by molar-refractivity contribution is 5.83. The zero-order valence-corrected chi connectivity index (χ0v) is 12.3. The van der Waals surface area contributed by atoms with Crippen molar-refractivity contribution in [2.24, 2.45) is 0 Å². The Morgan fingerprint density at radius 1 is 1.05 bits per heavy atom. The topological polar surface area (TPSA) is 40.2 Å². The Morgan fingerprint density at radius 3 is 2.67 bits per heavy atom. The molecule has 3 heteroatoms. The molecule has 0 aliphatic heterocycles. The van der Waals surface area contributed by atoms with E-state index < -0.39 is 0 Å². The number of benzene rings is 2. The van der Waals surface area contributed by atoms with Crippen molar-refractivity contribution in [3.8, 4) is 5.75 Å². The minimum absolute atomic E-state index is 0.666. The largest absolute Gasteiger partial charge is 0.491 e. The van der Waals surface area contributed by atoms with Crippen LogP contribution >= 0.6 is 0 Å². The van der Waals surface area contributed by atoms with Gasteiger partial charge in [0.1, 0.15) is 5.75 Å². The van der Waals surface area contributed by atoms with Gasteiger partial charge in [0.05, 0.1) is 12.3 Å². The predicted octanol–water partition coefficient (Wildman–Crippen LogP) is 4.00. The summed E-state index contributed by atoms with van der Waals surface area (Å²) in [5.74, 6) is 0.769. The van der Waals surface area contributed by atoms with Gasteiger partial charge in [-0.15, -0.1) is 0 Å². The van der Waals surface area contributed by atoms with Crippen molar-refractivity contribution >= 4 is 16.6 Å². The molecule has 3 aromatic rings. The predicted molar refractivity (Wildman–Crippen MR) is 87.6 cm³/mol. The number of rotatable bonds is 5. The molecule has 1 aromatic heterocycles. The van der Waals surface area contributed by atoms with Crippen LogP contribution in [0.3, 0.4) is 0 Å². The fourth-order valence-corrected chi connectivity index (χ4v) is 2.64. The highest BCUT2D eigenvalue weighted by atomic mass is 16.5. The Hall–Kier alpha value is -2.42. The lowest BCUT2D eigenvalue weighted by molar-refractivity contribution is 0.304. The smallest absolute Gasteiger partial charge is 0.142 e. The van der Waals surface area contributed by atoms with Crippen LogP contribution in [0.25, 0.3) is 10.9 Å². The normalized spacial score (nSPS) is 10.9. The number of fused-ring (bicyclic) bond motifs is 1. The number of hydrogen-bond donors (Lipinski definition) is 1. The molecule has 0 spiro atoms. The van der Waals surface area contributed by atoms with Crippen molar-refractivity contribution in [2.75, 3.05) is 12.3 Å². The molecule has 0 aliphatic rings. The summed E-state index contributed by atoms with van der Waals surface area (Å²) in [6.45, 7) is 3.76. The molecule has 2 aromatic carbocycles. The van der Waals surface area contributed by atoms with Crippen LogP contribution in [0.4, 0.5) is 5.69 Å². The summed E-state index contributed by atoms with van der Waals surface area (Å²) >= 11 is 0. The van der Waals surface area contributed by atoms with E-state index in [0.717, 1.165) is 18.7 Å². The van der Waals surface area contributed by atoms with Gasteiger partial charge in [0.2, 0.25) is 0 Å². The maximum atomic E-state index is 5.86. The average Bonchev–Trinajstić information content (AvgIpc) is 2.82. The zero-order valence-electron chi connectivity index (χ0n) is 12.3. The van der Waals surface area contributed by atoms with Crippen LogP contribution in [0.1, 0.15) is 12.0 Å². The van der Waals surface area contributed by atoms with Crippen molar-refractivity contribution < 1.29 is 4.74 Å². The number of hydrogen-bond acceptors (Lipinski definition) is 2. The highest BCUT2D eigenvalue weighted by Gasteiger charge is 2.04. The fraction of sp³-hybridized carbons (Fsp3) is 0.222. The van der Waals surface area contributed by atoms with Gasteiger partial charge in [0.25, 0.3) is 0 Å². The lowest BCUT2D eigenvalue weighted by Crippen LogP contribution is -2.04. The van der Waals surface area contributed by atoms with Crippen LogP contribution in [0.5, 0.6) is 5.75 Å².